The minimum Gasteiger partial charge on any atom is -0.494 e. The van der Waals surface area contributed by atoms with Gasteiger partial charge in [0.2, 0.25) is 0 Å². The standard InChI is InChI=1S/C10H9F3O3/c1-2-16-6-3-4-8(10(11,12)13)7(5-6)9(14)15/h3-5H,2H2,1H3,(H,14,15). The number of aromatic carboxylic acids is 1. The number of halogens is 3. The Kier molecular flexibility index (Phi) is 3.41. The Hall–Kier alpha value is -1.72. The van der Waals surface area contributed by atoms with Gasteiger partial charge in [-0.1, -0.05) is 0 Å². The number of rotatable bonds is 3. The molecule has 6 heteroatoms. The molecule has 0 saturated carbocycles. The zero-order chi connectivity index (χ0) is 12.3. The Morgan fingerprint density at radius 1 is 1.44 bits per heavy atom. The van der Waals surface area contributed by atoms with Crippen LogP contribution in [0.2, 0.25) is 0 Å². The molecule has 1 aromatic carbocycles. The van der Waals surface area contributed by atoms with Crippen LogP contribution in [0.5, 0.6) is 5.75 Å². The average molecular weight is 234 g/mol. The van der Waals surface area contributed by atoms with E-state index in [1.54, 1.807) is 6.92 Å². The summed E-state index contributed by atoms with van der Waals surface area (Å²) in [6.07, 6.45) is -4.68. The lowest BCUT2D eigenvalue weighted by molar-refractivity contribution is -0.138. The van der Waals surface area contributed by atoms with Crippen molar-refractivity contribution < 1.29 is 27.8 Å². The molecule has 1 aromatic rings. The second-order valence-electron chi connectivity index (χ2n) is 2.94. The number of carboxylic acids is 1. The third-order valence-corrected chi connectivity index (χ3v) is 1.84. The molecule has 0 aliphatic heterocycles. The molecule has 3 nitrogen and oxygen atoms in total. The van der Waals surface area contributed by atoms with Crippen LogP contribution in [0.1, 0.15) is 22.8 Å². The minimum absolute atomic E-state index is 0.105. The number of ether oxygens (including phenoxy) is 1. The smallest absolute Gasteiger partial charge is 0.417 e. The number of carbonyl (C=O) groups is 1. The second kappa shape index (κ2) is 4.42. The first-order valence-corrected chi connectivity index (χ1v) is 4.43. The largest absolute Gasteiger partial charge is 0.494 e. The molecule has 0 aromatic heterocycles. The molecule has 0 amide bonds. The van der Waals surface area contributed by atoms with Crippen molar-refractivity contribution in [2.24, 2.45) is 0 Å². The van der Waals surface area contributed by atoms with Gasteiger partial charge in [0.25, 0.3) is 0 Å². The Bertz CT molecular complexity index is 399. The van der Waals surface area contributed by atoms with Crippen LogP contribution in [0.4, 0.5) is 13.2 Å². The van der Waals surface area contributed by atoms with E-state index in [1.807, 2.05) is 0 Å². The molecule has 0 fully saturated rings. The van der Waals surface area contributed by atoms with Gasteiger partial charge in [-0.15, -0.1) is 0 Å². The van der Waals surface area contributed by atoms with Crippen molar-refractivity contribution >= 4 is 5.97 Å². The van der Waals surface area contributed by atoms with E-state index in [9.17, 15) is 18.0 Å². The number of hydrogen-bond acceptors (Lipinski definition) is 2. The van der Waals surface area contributed by atoms with Crippen molar-refractivity contribution in [1.82, 2.24) is 0 Å². The maximum absolute atomic E-state index is 12.4. The molecule has 0 unspecified atom stereocenters. The van der Waals surface area contributed by atoms with E-state index in [-0.39, 0.29) is 12.4 Å². The molecule has 0 bridgehead atoms. The van der Waals surface area contributed by atoms with Gasteiger partial charge in [-0.05, 0) is 25.1 Å². The summed E-state index contributed by atoms with van der Waals surface area (Å²) in [7, 11) is 0. The topological polar surface area (TPSA) is 46.5 Å². The predicted octanol–water partition coefficient (Wildman–Crippen LogP) is 2.80. The van der Waals surface area contributed by atoms with Crippen molar-refractivity contribution in [3.05, 3.63) is 29.3 Å². The van der Waals surface area contributed by atoms with Crippen LogP contribution in [0, 0.1) is 0 Å². The van der Waals surface area contributed by atoms with E-state index in [0.717, 1.165) is 12.1 Å². The molecule has 88 valence electrons. The van der Waals surface area contributed by atoms with Crippen molar-refractivity contribution in [3.8, 4) is 5.75 Å². The van der Waals surface area contributed by atoms with Gasteiger partial charge in [0.05, 0.1) is 17.7 Å². The lowest BCUT2D eigenvalue weighted by Gasteiger charge is -2.11. The van der Waals surface area contributed by atoms with Crippen molar-refractivity contribution in [2.45, 2.75) is 13.1 Å². The normalized spacial score (nSPS) is 11.2. The van der Waals surface area contributed by atoms with Crippen LogP contribution >= 0.6 is 0 Å². The summed E-state index contributed by atoms with van der Waals surface area (Å²) >= 11 is 0. The molecular weight excluding hydrogens is 225 g/mol. The summed E-state index contributed by atoms with van der Waals surface area (Å²) < 4.78 is 42.2. The predicted molar refractivity (Wildman–Crippen MR) is 49.6 cm³/mol. The fraction of sp³-hybridized carbons (Fsp3) is 0.300. The van der Waals surface area contributed by atoms with Gasteiger partial charge in [-0.2, -0.15) is 13.2 Å². The third-order valence-electron chi connectivity index (χ3n) is 1.84. The van der Waals surface area contributed by atoms with E-state index >= 15 is 0 Å². The average Bonchev–Trinajstić information content (AvgIpc) is 2.16. The molecule has 16 heavy (non-hydrogen) atoms. The fourth-order valence-electron chi connectivity index (χ4n) is 1.20. The zero-order valence-electron chi connectivity index (χ0n) is 8.34. The van der Waals surface area contributed by atoms with E-state index in [1.165, 1.54) is 0 Å². The monoisotopic (exact) mass is 234 g/mol. The highest BCUT2D eigenvalue weighted by molar-refractivity contribution is 5.90. The van der Waals surface area contributed by atoms with Crippen molar-refractivity contribution in [2.75, 3.05) is 6.61 Å². The highest BCUT2D eigenvalue weighted by Crippen LogP contribution is 2.33. The number of benzene rings is 1. The molecule has 1 N–H and O–H groups in total. The van der Waals surface area contributed by atoms with Gasteiger partial charge in [-0.25, -0.2) is 4.79 Å². The number of hydrogen-bond donors (Lipinski definition) is 1. The molecule has 0 spiro atoms. The Balaban J connectivity index is 3.25. The van der Waals surface area contributed by atoms with Crippen LogP contribution < -0.4 is 4.74 Å². The number of carboxylic acid groups (broad SMARTS) is 1. The van der Waals surface area contributed by atoms with Gasteiger partial charge in [0, 0.05) is 0 Å². The molecule has 0 saturated heterocycles. The summed E-state index contributed by atoms with van der Waals surface area (Å²) in [5.74, 6) is -1.53. The first kappa shape index (κ1) is 12.4. The second-order valence-corrected chi connectivity index (χ2v) is 2.94. The quantitative estimate of drug-likeness (QED) is 0.874. The molecule has 0 heterocycles. The van der Waals surface area contributed by atoms with Gasteiger partial charge in [0.1, 0.15) is 5.75 Å². The summed E-state index contributed by atoms with van der Waals surface area (Å²) in [5.41, 5.74) is -1.98. The molecule has 1 rings (SSSR count). The van der Waals surface area contributed by atoms with E-state index < -0.39 is 23.3 Å². The maximum atomic E-state index is 12.4. The molecular formula is C10H9F3O3. The summed E-state index contributed by atoms with van der Waals surface area (Å²) in [4.78, 5) is 10.7. The van der Waals surface area contributed by atoms with Crippen LogP contribution in [0.25, 0.3) is 0 Å². The maximum Gasteiger partial charge on any atom is 0.417 e. The van der Waals surface area contributed by atoms with Gasteiger partial charge in [0.15, 0.2) is 0 Å². The summed E-state index contributed by atoms with van der Waals surface area (Å²) in [6.45, 7) is 1.91. The summed E-state index contributed by atoms with van der Waals surface area (Å²) in [6, 6.07) is 2.67. The van der Waals surface area contributed by atoms with Crippen LogP contribution in [-0.2, 0) is 6.18 Å². The first-order valence-electron chi connectivity index (χ1n) is 4.43. The highest BCUT2D eigenvalue weighted by atomic mass is 19.4. The Morgan fingerprint density at radius 2 is 2.06 bits per heavy atom. The van der Waals surface area contributed by atoms with Crippen LogP contribution in [0.3, 0.4) is 0 Å². The molecule has 0 atom stereocenters. The zero-order valence-corrected chi connectivity index (χ0v) is 8.34. The lowest BCUT2D eigenvalue weighted by Crippen LogP contribution is -2.13. The SMILES string of the molecule is CCOc1ccc(C(F)(F)F)c(C(=O)O)c1. The van der Waals surface area contributed by atoms with Crippen LogP contribution in [-0.4, -0.2) is 17.7 Å². The summed E-state index contributed by atoms with van der Waals surface area (Å²) in [5, 5.41) is 8.67. The lowest BCUT2D eigenvalue weighted by atomic mass is 10.1. The van der Waals surface area contributed by atoms with E-state index in [0.29, 0.717) is 6.07 Å². The first-order chi connectivity index (χ1) is 7.36. The molecule has 0 radical (unpaired) electrons. The van der Waals surface area contributed by atoms with E-state index in [4.69, 9.17) is 9.84 Å². The van der Waals surface area contributed by atoms with Crippen LogP contribution in [0.15, 0.2) is 18.2 Å². The Morgan fingerprint density at radius 3 is 2.50 bits per heavy atom. The Labute approximate surface area is 89.5 Å². The van der Waals surface area contributed by atoms with Gasteiger partial charge in [-0.3, -0.25) is 0 Å². The van der Waals surface area contributed by atoms with Crippen molar-refractivity contribution in [1.29, 1.82) is 0 Å². The van der Waals surface area contributed by atoms with Gasteiger partial charge < -0.3 is 9.84 Å². The third kappa shape index (κ3) is 2.65. The van der Waals surface area contributed by atoms with E-state index in [2.05, 4.69) is 0 Å². The number of alkyl halides is 3. The fourth-order valence-corrected chi connectivity index (χ4v) is 1.20. The molecule has 0 aliphatic rings. The minimum atomic E-state index is -4.68. The molecule has 0 aliphatic carbocycles. The highest BCUT2D eigenvalue weighted by Gasteiger charge is 2.35. The van der Waals surface area contributed by atoms with Gasteiger partial charge >= 0.3 is 12.1 Å². The van der Waals surface area contributed by atoms with Crippen molar-refractivity contribution in [3.63, 3.8) is 0 Å².